The molecule has 0 aliphatic heterocycles. The van der Waals surface area contributed by atoms with Crippen molar-refractivity contribution in [2.24, 2.45) is 5.92 Å². The van der Waals surface area contributed by atoms with E-state index in [4.69, 9.17) is 4.74 Å². The Labute approximate surface area is 107 Å². The van der Waals surface area contributed by atoms with Gasteiger partial charge in [-0.25, -0.2) is 0 Å². The summed E-state index contributed by atoms with van der Waals surface area (Å²) in [6.07, 6.45) is 12.1. The molecule has 2 heteroatoms. The molecule has 0 saturated heterocycles. The van der Waals surface area contributed by atoms with Gasteiger partial charge in [-0.05, 0) is 44.6 Å². The second kappa shape index (κ2) is 6.19. The van der Waals surface area contributed by atoms with Crippen LogP contribution in [0.15, 0.2) is 0 Å². The molecule has 0 aromatic carbocycles. The third kappa shape index (κ3) is 2.85. The molecule has 2 saturated carbocycles. The van der Waals surface area contributed by atoms with Gasteiger partial charge in [-0.1, -0.05) is 32.6 Å². The predicted molar refractivity (Wildman–Crippen MR) is 72.2 cm³/mol. The summed E-state index contributed by atoms with van der Waals surface area (Å²) in [7, 11) is 1.93. The minimum absolute atomic E-state index is 0.157. The molecule has 1 unspecified atom stereocenters. The highest BCUT2D eigenvalue weighted by atomic mass is 16.5. The van der Waals surface area contributed by atoms with Crippen LogP contribution in [0.4, 0.5) is 0 Å². The van der Waals surface area contributed by atoms with Crippen molar-refractivity contribution in [1.29, 1.82) is 0 Å². The number of rotatable bonds is 6. The Balaban J connectivity index is 2.06. The average molecular weight is 239 g/mol. The summed E-state index contributed by atoms with van der Waals surface area (Å²) in [4.78, 5) is 0. The van der Waals surface area contributed by atoms with Crippen molar-refractivity contribution in [2.75, 3.05) is 13.7 Å². The van der Waals surface area contributed by atoms with E-state index >= 15 is 0 Å². The highest BCUT2D eigenvalue weighted by Gasteiger charge is 2.45. The smallest absolute Gasteiger partial charge is 0.0833 e. The molecular weight excluding hydrogens is 210 g/mol. The zero-order chi connectivity index (χ0) is 12.1. The fraction of sp³-hybridized carbons (Fsp3) is 1.00. The van der Waals surface area contributed by atoms with E-state index in [1.54, 1.807) is 0 Å². The van der Waals surface area contributed by atoms with Gasteiger partial charge in [-0.3, -0.25) is 0 Å². The van der Waals surface area contributed by atoms with Crippen molar-refractivity contribution in [3.05, 3.63) is 0 Å². The molecule has 1 atom stereocenters. The molecule has 0 amide bonds. The molecule has 0 aromatic rings. The van der Waals surface area contributed by atoms with E-state index < -0.39 is 0 Å². The monoisotopic (exact) mass is 239 g/mol. The van der Waals surface area contributed by atoms with Gasteiger partial charge in [0.25, 0.3) is 0 Å². The molecule has 0 heterocycles. The summed E-state index contributed by atoms with van der Waals surface area (Å²) < 4.78 is 6.01. The summed E-state index contributed by atoms with van der Waals surface area (Å²) in [6, 6.07) is 0.609. The van der Waals surface area contributed by atoms with Crippen LogP contribution in [0.25, 0.3) is 0 Å². The van der Waals surface area contributed by atoms with E-state index in [1.165, 1.54) is 57.8 Å². The highest BCUT2D eigenvalue weighted by molar-refractivity contribution is 5.00. The lowest BCUT2D eigenvalue weighted by Gasteiger charge is -2.40. The van der Waals surface area contributed by atoms with E-state index in [9.17, 15) is 0 Å². The van der Waals surface area contributed by atoms with Crippen LogP contribution in [0.2, 0.25) is 0 Å². The van der Waals surface area contributed by atoms with E-state index in [0.29, 0.717) is 6.04 Å². The van der Waals surface area contributed by atoms with Crippen LogP contribution in [-0.4, -0.2) is 25.3 Å². The first-order chi connectivity index (χ1) is 8.32. The first kappa shape index (κ1) is 13.4. The van der Waals surface area contributed by atoms with Gasteiger partial charge in [0.15, 0.2) is 0 Å². The van der Waals surface area contributed by atoms with Crippen LogP contribution in [-0.2, 0) is 4.74 Å². The Morgan fingerprint density at radius 2 is 1.82 bits per heavy atom. The lowest BCUT2D eigenvalue weighted by Crippen LogP contribution is -2.54. The Bertz CT molecular complexity index is 217. The lowest BCUT2D eigenvalue weighted by atomic mass is 9.81. The molecule has 0 radical (unpaired) electrons. The van der Waals surface area contributed by atoms with Gasteiger partial charge in [-0.2, -0.15) is 0 Å². The van der Waals surface area contributed by atoms with E-state index in [-0.39, 0.29) is 5.60 Å². The van der Waals surface area contributed by atoms with Gasteiger partial charge >= 0.3 is 0 Å². The second-order valence-electron chi connectivity index (χ2n) is 5.95. The quantitative estimate of drug-likeness (QED) is 0.766. The fourth-order valence-corrected chi connectivity index (χ4v) is 3.99. The number of methoxy groups -OCH3 is 1. The van der Waals surface area contributed by atoms with E-state index in [0.717, 1.165) is 12.5 Å². The Hall–Kier alpha value is -0.0800. The number of nitrogens with one attached hydrogen (secondary N) is 1. The molecular formula is C15H29NO. The number of hydrogen-bond donors (Lipinski definition) is 1. The molecule has 0 spiro atoms. The van der Waals surface area contributed by atoms with Crippen molar-refractivity contribution < 1.29 is 4.74 Å². The molecule has 0 aromatic heterocycles. The third-order valence-electron chi connectivity index (χ3n) is 4.91. The molecule has 1 N–H and O–H groups in total. The maximum Gasteiger partial charge on any atom is 0.0833 e. The van der Waals surface area contributed by atoms with Gasteiger partial charge < -0.3 is 10.1 Å². The molecule has 2 aliphatic rings. The summed E-state index contributed by atoms with van der Waals surface area (Å²) in [6.45, 7) is 3.40. The van der Waals surface area contributed by atoms with Gasteiger partial charge in [0, 0.05) is 13.2 Å². The second-order valence-corrected chi connectivity index (χ2v) is 5.95. The summed E-state index contributed by atoms with van der Waals surface area (Å²) in [5, 5.41) is 3.82. The zero-order valence-corrected chi connectivity index (χ0v) is 11.6. The molecule has 17 heavy (non-hydrogen) atoms. The van der Waals surface area contributed by atoms with Crippen LogP contribution >= 0.6 is 0 Å². The number of ether oxygens (including phenoxy) is 1. The largest absolute Gasteiger partial charge is 0.377 e. The zero-order valence-electron chi connectivity index (χ0n) is 11.6. The van der Waals surface area contributed by atoms with Gasteiger partial charge in [-0.15, -0.1) is 0 Å². The van der Waals surface area contributed by atoms with Crippen LogP contribution in [0.1, 0.15) is 64.7 Å². The van der Waals surface area contributed by atoms with Crippen molar-refractivity contribution >= 4 is 0 Å². The summed E-state index contributed by atoms with van der Waals surface area (Å²) in [5.74, 6) is 0.861. The van der Waals surface area contributed by atoms with Crippen LogP contribution < -0.4 is 5.32 Å². The Kier molecular flexibility index (Phi) is 4.87. The summed E-state index contributed by atoms with van der Waals surface area (Å²) in [5.41, 5.74) is 0.157. The SMILES string of the molecule is CCCNC(C1CCCC1)C1(OC)CCCC1. The van der Waals surface area contributed by atoms with Gasteiger partial charge in [0.1, 0.15) is 0 Å². The van der Waals surface area contributed by atoms with Crippen LogP contribution in [0.3, 0.4) is 0 Å². The molecule has 2 fully saturated rings. The molecule has 0 bridgehead atoms. The van der Waals surface area contributed by atoms with Gasteiger partial charge in [0.2, 0.25) is 0 Å². The van der Waals surface area contributed by atoms with Crippen LogP contribution in [0.5, 0.6) is 0 Å². The van der Waals surface area contributed by atoms with Crippen molar-refractivity contribution in [3.63, 3.8) is 0 Å². The Morgan fingerprint density at radius 1 is 1.18 bits per heavy atom. The predicted octanol–water partition coefficient (Wildman–Crippen LogP) is 3.50. The lowest BCUT2D eigenvalue weighted by molar-refractivity contribution is -0.0512. The third-order valence-corrected chi connectivity index (χ3v) is 4.91. The van der Waals surface area contributed by atoms with Crippen LogP contribution in [0, 0.1) is 5.92 Å². The maximum atomic E-state index is 6.01. The first-order valence-corrected chi connectivity index (χ1v) is 7.61. The normalized spacial score (nSPS) is 26.5. The standard InChI is InChI=1S/C15H29NO/c1-3-12-16-14(13-8-4-5-9-13)15(17-2)10-6-7-11-15/h13-14,16H,3-12H2,1-2H3. The minimum Gasteiger partial charge on any atom is -0.377 e. The number of hydrogen-bond acceptors (Lipinski definition) is 2. The van der Waals surface area contributed by atoms with Gasteiger partial charge in [0.05, 0.1) is 5.60 Å². The topological polar surface area (TPSA) is 21.3 Å². The maximum absolute atomic E-state index is 6.01. The first-order valence-electron chi connectivity index (χ1n) is 7.61. The van der Waals surface area contributed by atoms with Crippen molar-refractivity contribution in [1.82, 2.24) is 5.32 Å². The molecule has 2 aliphatic carbocycles. The van der Waals surface area contributed by atoms with E-state index in [1.807, 2.05) is 7.11 Å². The summed E-state index contributed by atoms with van der Waals surface area (Å²) >= 11 is 0. The average Bonchev–Trinajstić information content (AvgIpc) is 3.01. The van der Waals surface area contributed by atoms with E-state index in [2.05, 4.69) is 12.2 Å². The fourth-order valence-electron chi connectivity index (χ4n) is 3.99. The highest BCUT2D eigenvalue weighted by Crippen LogP contribution is 2.42. The molecule has 2 nitrogen and oxygen atoms in total. The van der Waals surface area contributed by atoms with Crippen molar-refractivity contribution in [3.8, 4) is 0 Å². The van der Waals surface area contributed by atoms with Crippen molar-refractivity contribution in [2.45, 2.75) is 76.4 Å². The molecule has 2 rings (SSSR count). The Morgan fingerprint density at radius 3 is 2.35 bits per heavy atom. The minimum atomic E-state index is 0.157. The molecule has 100 valence electrons.